The lowest BCUT2D eigenvalue weighted by Gasteiger charge is -2.30. The summed E-state index contributed by atoms with van der Waals surface area (Å²) < 4.78 is 44.3. The van der Waals surface area contributed by atoms with Gasteiger partial charge in [0.25, 0.3) is 0 Å². The highest BCUT2D eigenvalue weighted by Crippen LogP contribution is 2.32. The highest BCUT2D eigenvalue weighted by atomic mass is 16.6. The standard InChI is InChI=1S/C28H52O10/c1-19(13-31-7)33-15-21(3)35-17-23(5)37-27(29)25-11-9-10-12-26(25)28(30)38-24(6)18-36-22(4)16-34-20(2)14-32-8/h19-26H,9-18H2,1-8H3. The Labute approximate surface area is 229 Å². The van der Waals surface area contributed by atoms with E-state index in [1.54, 1.807) is 28.1 Å². The number of rotatable bonds is 20. The second-order valence-corrected chi connectivity index (χ2v) is 10.5. The molecule has 1 aliphatic rings. The van der Waals surface area contributed by atoms with Gasteiger partial charge in [-0.2, -0.15) is 0 Å². The van der Waals surface area contributed by atoms with Gasteiger partial charge in [0.1, 0.15) is 12.2 Å². The molecule has 0 aromatic rings. The van der Waals surface area contributed by atoms with Crippen molar-refractivity contribution in [1.82, 2.24) is 0 Å². The summed E-state index contributed by atoms with van der Waals surface area (Å²) in [4.78, 5) is 25.9. The summed E-state index contributed by atoms with van der Waals surface area (Å²) in [5, 5.41) is 0. The van der Waals surface area contributed by atoms with Gasteiger partial charge in [-0.15, -0.1) is 0 Å². The minimum atomic E-state index is -0.517. The van der Waals surface area contributed by atoms with Crippen molar-refractivity contribution in [2.24, 2.45) is 11.8 Å². The minimum absolute atomic E-state index is 0.0223. The van der Waals surface area contributed by atoms with Gasteiger partial charge in [0, 0.05) is 14.2 Å². The molecule has 1 fully saturated rings. The lowest BCUT2D eigenvalue weighted by Crippen LogP contribution is -2.38. The lowest BCUT2D eigenvalue weighted by atomic mass is 9.79. The number of methoxy groups -OCH3 is 2. The van der Waals surface area contributed by atoms with E-state index in [1.165, 1.54) is 0 Å². The molecule has 0 radical (unpaired) electrons. The molecule has 8 unspecified atom stereocenters. The van der Waals surface area contributed by atoms with Crippen LogP contribution in [0.4, 0.5) is 0 Å². The molecule has 0 bridgehead atoms. The first-order valence-corrected chi connectivity index (χ1v) is 13.9. The molecule has 0 spiro atoms. The van der Waals surface area contributed by atoms with Crippen molar-refractivity contribution in [1.29, 1.82) is 0 Å². The zero-order chi connectivity index (χ0) is 28.5. The van der Waals surface area contributed by atoms with Crippen LogP contribution in [0.3, 0.4) is 0 Å². The third-order valence-corrected chi connectivity index (χ3v) is 6.27. The molecule has 10 heteroatoms. The molecule has 0 aromatic heterocycles. The maximum atomic E-state index is 13.0. The Morgan fingerprint density at radius 3 is 1.13 bits per heavy atom. The van der Waals surface area contributed by atoms with Crippen LogP contribution in [0.1, 0.15) is 67.2 Å². The molecule has 1 saturated carbocycles. The van der Waals surface area contributed by atoms with Gasteiger partial charge < -0.3 is 37.9 Å². The first kappa shape index (κ1) is 34.7. The summed E-state index contributed by atoms with van der Waals surface area (Å²) in [5.41, 5.74) is 0. The van der Waals surface area contributed by atoms with Gasteiger partial charge >= 0.3 is 11.9 Å². The Balaban J connectivity index is 2.44. The van der Waals surface area contributed by atoms with Crippen molar-refractivity contribution in [3.8, 4) is 0 Å². The first-order valence-electron chi connectivity index (χ1n) is 13.9. The Hall–Kier alpha value is -1.30. The van der Waals surface area contributed by atoms with E-state index < -0.39 is 24.0 Å². The SMILES string of the molecule is COCC(C)OCC(C)OCC(C)OC(=O)C1CCCCC1C(=O)OC(C)COC(C)COC(C)COC. The number of hydrogen-bond donors (Lipinski definition) is 0. The summed E-state index contributed by atoms with van der Waals surface area (Å²) in [6.07, 6.45) is 1.72. The smallest absolute Gasteiger partial charge is 0.310 e. The van der Waals surface area contributed by atoms with E-state index in [4.69, 9.17) is 37.9 Å². The molecule has 224 valence electrons. The predicted molar refractivity (Wildman–Crippen MR) is 142 cm³/mol. The van der Waals surface area contributed by atoms with Crippen molar-refractivity contribution < 1.29 is 47.5 Å². The van der Waals surface area contributed by atoms with Crippen LogP contribution in [-0.4, -0.2) is 102 Å². The number of ether oxygens (including phenoxy) is 8. The monoisotopic (exact) mass is 548 g/mol. The zero-order valence-corrected chi connectivity index (χ0v) is 24.8. The third kappa shape index (κ3) is 14.7. The molecule has 1 rings (SSSR count). The predicted octanol–water partition coefficient (Wildman–Crippen LogP) is 3.57. The Morgan fingerprint density at radius 1 is 0.526 bits per heavy atom. The quantitative estimate of drug-likeness (QED) is 0.210. The van der Waals surface area contributed by atoms with Crippen LogP contribution >= 0.6 is 0 Å². The van der Waals surface area contributed by atoms with Crippen LogP contribution in [0.2, 0.25) is 0 Å². The van der Waals surface area contributed by atoms with Gasteiger partial charge in [0.05, 0.1) is 75.9 Å². The van der Waals surface area contributed by atoms with Gasteiger partial charge in [-0.25, -0.2) is 0 Å². The number of esters is 2. The minimum Gasteiger partial charge on any atom is -0.460 e. The lowest BCUT2D eigenvalue weighted by molar-refractivity contribution is -0.172. The summed E-state index contributed by atoms with van der Waals surface area (Å²) in [6, 6.07) is 0. The van der Waals surface area contributed by atoms with Crippen molar-refractivity contribution in [2.45, 2.75) is 104 Å². The fourth-order valence-corrected chi connectivity index (χ4v) is 4.20. The van der Waals surface area contributed by atoms with Crippen LogP contribution in [0.25, 0.3) is 0 Å². The Morgan fingerprint density at radius 2 is 0.816 bits per heavy atom. The van der Waals surface area contributed by atoms with Crippen LogP contribution < -0.4 is 0 Å². The van der Waals surface area contributed by atoms with E-state index in [9.17, 15) is 9.59 Å². The molecule has 0 aliphatic heterocycles. The topological polar surface area (TPSA) is 108 Å². The van der Waals surface area contributed by atoms with Gasteiger partial charge in [-0.3, -0.25) is 9.59 Å². The van der Waals surface area contributed by atoms with E-state index in [-0.39, 0.29) is 49.6 Å². The van der Waals surface area contributed by atoms with E-state index in [0.29, 0.717) is 39.3 Å². The van der Waals surface area contributed by atoms with E-state index in [0.717, 1.165) is 12.8 Å². The average Bonchev–Trinajstić information content (AvgIpc) is 2.88. The van der Waals surface area contributed by atoms with Gasteiger partial charge in [-0.05, 0) is 54.4 Å². The van der Waals surface area contributed by atoms with Gasteiger partial charge in [0.15, 0.2) is 0 Å². The van der Waals surface area contributed by atoms with Crippen molar-refractivity contribution in [3.63, 3.8) is 0 Å². The fraction of sp³-hybridized carbons (Fsp3) is 0.929. The second kappa shape index (κ2) is 19.7. The van der Waals surface area contributed by atoms with Crippen LogP contribution in [0.5, 0.6) is 0 Å². The van der Waals surface area contributed by atoms with Crippen LogP contribution in [0, 0.1) is 11.8 Å². The first-order chi connectivity index (χ1) is 18.1. The van der Waals surface area contributed by atoms with Crippen molar-refractivity contribution in [3.05, 3.63) is 0 Å². The summed E-state index contributed by atoms with van der Waals surface area (Å²) in [5.74, 6) is -1.78. The number of carbonyl (C=O) groups excluding carboxylic acids is 2. The highest BCUT2D eigenvalue weighted by Gasteiger charge is 2.39. The van der Waals surface area contributed by atoms with Crippen molar-refractivity contribution >= 4 is 11.9 Å². The maximum absolute atomic E-state index is 13.0. The molecule has 0 heterocycles. The van der Waals surface area contributed by atoms with Crippen molar-refractivity contribution in [2.75, 3.05) is 53.9 Å². The zero-order valence-electron chi connectivity index (χ0n) is 24.8. The molecule has 1 aliphatic carbocycles. The third-order valence-electron chi connectivity index (χ3n) is 6.27. The Bertz CT molecular complexity index is 591. The molecule has 0 N–H and O–H groups in total. The number of carbonyl (C=O) groups is 2. The molecule has 8 atom stereocenters. The van der Waals surface area contributed by atoms with E-state index >= 15 is 0 Å². The van der Waals surface area contributed by atoms with Crippen LogP contribution in [-0.2, 0) is 47.5 Å². The summed E-state index contributed by atoms with van der Waals surface area (Å²) in [6.45, 7) is 13.6. The molecule has 0 aromatic carbocycles. The van der Waals surface area contributed by atoms with E-state index in [2.05, 4.69) is 0 Å². The van der Waals surface area contributed by atoms with E-state index in [1.807, 2.05) is 27.7 Å². The molecule has 10 nitrogen and oxygen atoms in total. The molecular weight excluding hydrogens is 496 g/mol. The van der Waals surface area contributed by atoms with Gasteiger partial charge in [-0.1, -0.05) is 12.8 Å². The van der Waals surface area contributed by atoms with Crippen LogP contribution in [0.15, 0.2) is 0 Å². The Kier molecular flexibility index (Phi) is 18.0. The number of hydrogen-bond acceptors (Lipinski definition) is 10. The second-order valence-electron chi connectivity index (χ2n) is 10.5. The highest BCUT2D eigenvalue weighted by molar-refractivity contribution is 5.82. The summed E-state index contributed by atoms with van der Waals surface area (Å²) >= 11 is 0. The normalized spacial score (nSPS) is 22.6. The van der Waals surface area contributed by atoms with Gasteiger partial charge in [0.2, 0.25) is 0 Å². The average molecular weight is 549 g/mol. The fourth-order valence-electron chi connectivity index (χ4n) is 4.20. The molecule has 0 saturated heterocycles. The molecular formula is C28H52O10. The molecule has 0 amide bonds. The largest absolute Gasteiger partial charge is 0.460 e. The summed E-state index contributed by atoms with van der Waals surface area (Å²) in [7, 11) is 3.26. The molecule has 38 heavy (non-hydrogen) atoms. The maximum Gasteiger partial charge on any atom is 0.310 e.